The first-order chi connectivity index (χ1) is 15.4. The molecule has 0 aliphatic heterocycles. The number of halogens is 2. The van der Waals surface area contributed by atoms with Crippen LogP contribution < -0.4 is 15.4 Å². The number of benzene rings is 3. The Labute approximate surface area is 198 Å². The van der Waals surface area contributed by atoms with Gasteiger partial charge in [0.15, 0.2) is 6.61 Å². The van der Waals surface area contributed by atoms with Gasteiger partial charge < -0.3 is 15.4 Å². The Bertz CT molecular complexity index is 1190. The molecule has 3 aromatic rings. The van der Waals surface area contributed by atoms with Gasteiger partial charge in [0.2, 0.25) is 0 Å². The van der Waals surface area contributed by atoms with Gasteiger partial charge in [0.05, 0.1) is 4.47 Å². The summed E-state index contributed by atoms with van der Waals surface area (Å²) in [5.74, 6) is -0.387. The molecule has 8 heteroatoms. The van der Waals surface area contributed by atoms with Crippen LogP contribution in [0.15, 0.2) is 82.8 Å². The number of anilines is 2. The Hall–Kier alpha value is -3.60. The van der Waals surface area contributed by atoms with Crippen molar-refractivity contribution in [2.24, 2.45) is 0 Å². The molecular formula is C24H17BrClN3O3. The minimum atomic E-state index is -0.506. The fourth-order valence-corrected chi connectivity index (χ4v) is 3.27. The number of nitrogens with one attached hydrogen (secondary N) is 2. The van der Waals surface area contributed by atoms with Gasteiger partial charge in [-0.15, -0.1) is 0 Å². The molecule has 0 bridgehead atoms. The number of hydrogen-bond acceptors (Lipinski definition) is 4. The summed E-state index contributed by atoms with van der Waals surface area (Å²) in [5.41, 5.74) is 1.78. The third-order valence-electron chi connectivity index (χ3n) is 4.15. The van der Waals surface area contributed by atoms with Crippen LogP contribution in [-0.2, 0) is 9.59 Å². The highest BCUT2D eigenvalue weighted by molar-refractivity contribution is 9.10. The quantitative estimate of drug-likeness (QED) is 0.317. The highest BCUT2D eigenvalue weighted by atomic mass is 79.9. The maximum absolute atomic E-state index is 12.4. The third-order valence-corrected chi connectivity index (χ3v) is 5.02. The minimum Gasteiger partial charge on any atom is -0.483 e. The van der Waals surface area contributed by atoms with E-state index in [0.29, 0.717) is 32.2 Å². The molecule has 0 atom stereocenters. The van der Waals surface area contributed by atoms with Crippen molar-refractivity contribution in [2.75, 3.05) is 17.2 Å². The fourth-order valence-electron chi connectivity index (χ4n) is 2.63. The summed E-state index contributed by atoms with van der Waals surface area (Å²) in [6.07, 6.45) is 1.47. The topological polar surface area (TPSA) is 91.2 Å². The average molecular weight is 511 g/mol. The first kappa shape index (κ1) is 23.1. The summed E-state index contributed by atoms with van der Waals surface area (Å²) in [6.45, 7) is -0.195. The first-order valence-corrected chi connectivity index (χ1v) is 10.6. The van der Waals surface area contributed by atoms with Crippen molar-refractivity contribution in [3.63, 3.8) is 0 Å². The van der Waals surface area contributed by atoms with Gasteiger partial charge in [0, 0.05) is 16.4 Å². The SMILES string of the molecule is N#C/C(=C\c1ccc(OCC(=O)Nc2ccc(Cl)cc2)c(Br)c1)C(=O)Nc1ccccc1. The number of rotatable bonds is 7. The van der Waals surface area contributed by atoms with Gasteiger partial charge in [0.1, 0.15) is 17.4 Å². The summed E-state index contributed by atoms with van der Waals surface area (Å²) < 4.78 is 6.13. The van der Waals surface area contributed by atoms with Gasteiger partial charge in [0.25, 0.3) is 11.8 Å². The number of carbonyl (C=O) groups excluding carboxylic acids is 2. The van der Waals surface area contributed by atoms with Crippen LogP contribution in [0, 0.1) is 11.3 Å². The van der Waals surface area contributed by atoms with E-state index in [-0.39, 0.29) is 18.1 Å². The van der Waals surface area contributed by atoms with Crippen molar-refractivity contribution in [2.45, 2.75) is 0 Å². The summed E-state index contributed by atoms with van der Waals surface area (Å²) in [5, 5.41) is 15.3. The number of ether oxygens (including phenoxy) is 1. The second kappa shape index (κ2) is 11.1. The molecule has 2 N–H and O–H groups in total. The average Bonchev–Trinajstić information content (AvgIpc) is 2.79. The Morgan fingerprint density at radius 2 is 1.69 bits per heavy atom. The molecule has 0 saturated heterocycles. The number of para-hydroxylation sites is 1. The molecule has 0 fully saturated rings. The lowest BCUT2D eigenvalue weighted by Crippen LogP contribution is -2.20. The van der Waals surface area contributed by atoms with E-state index in [1.165, 1.54) is 6.08 Å². The molecule has 0 heterocycles. The molecule has 3 rings (SSSR count). The predicted molar refractivity (Wildman–Crippen MR) is 128 cm³/mol. The molecule has 0 saturated carbocycles. The van der Waals surface area contributed by atoms with Crippen molar-refractivity contribution in [1.82, 2.24) is 0 Å². The highest BCUT2D eigenvalue weighted by Crippen LogP contribution is 2.27. The number of nitriles is 1. The van der Waals surface area contributed by atoms with Crippen molar-refractivity contribution in [1.29, 1.82) is 5.26 Å². The van der Waals surface area contributed by atoms with E-state index >= 15 is 0 Å². The molecule has 0 aromatic heterocycles. The second-order valence-electron chi connectivity index (χ2n) is 6.52. The molecule has 0 aliphatic rings. The van der Waals surface area contributed by atoms with Crippen LogP contribution in [0.1, 0.15) is 5.56 Å². The van der Waals surface area contributed by atoms with Crippen molar-refractivity contribution in [3.8, 4) is 11.8 Å². The lowest BCUT2D eigenvalue weighted by molar-refractivity contribution is -0.118. The molecular weight excluding hydrogens is 494 g/mol. The van der Waals surface area contributed by atoms with Gasteiger partial charge in [-0.25, -0.2) is 0 Å². The largest absolute Gasteiger partial charge is 0.483 e. The number of nitrogens with zero attached hydrogens (tertiary/aromatic N) is 1. The van der Waals surface area contributed by atoms with Gasteiger partial charge in [-0.2, -0.15) is 5.26 Å². The minimum absolute atomic E-state index is 0.0447. The van der Waals surface area contributed by atoms with Crippen LogP contribution in [0.4, 0.5) is 11.4 Å². The van der Waals surface area contributed by atoms with E-state index in [2.05, 4.69) is 26.6 Å². The van der Waals surface area contributed by atoms with Gasteiger partial charge in [-0.3, -0.25) is 9.59 Å². The van der Waals surface area contributed by atoms with Crippen molar-refractivity contribution < 1.29 is 14.3 Å². The van der Waals surface area contributed by atoms with E-state index in [0.717, 1.165) is 0 Å². The van der Waals surface area contributed by atoms with Crippen molar-refractivity contribution in [3.05, 3.63) is 93.4 Å². The van der Waals surface area contributed by atoms with Gasteiger partial charge >= 0.3 is 0 Å². The van der Waals surface area contributed by atoms with E-state index in [1.807, 2.05) is 12.1 Å². The lowest BCUT2D eigenvalue weighted by atomic mass is 10.1. The maximum Gasteiger partial charge on any atom is 0.266 e. The molecule has 0 unspecified atom stereocenters. The maximum atomic E-state index is 12.4. The summed E-state index contributed by atoms with van der Waals surface area (Å²) in [6, 6.07) is 22.6. The lowest BCUT2D eigenvalue weighted by Gasteiger charge is -2.10. The summed E-state index contributed by atoms with van der Waals surface area (Å²) in [4.78, 5) is 24.4. The molecule has 0 spiro atoms. The normalized spacial score (nSPS) is 10.7. The zero-order valence-electron chi connectivity index (χ0n) is 16.6. The Balaban J connectivity index is 1.62. The zero-order valence-corrected chi connectivity index (χ0v) is 19.0. The van der Waals surface area contributed by atoms with Crippen LogP contribution in [0.5, 0.6) is 5.75 Å². The molecule has 32 heavy (non-hydrogen) atoms. The van der Waals surface area contributed by atoms with Crippen LogP contribution in [0.2, 0.25) is 5.02 Å². The summed E-state index contributed by atoms with van der Waals surface area (Å²) in [7, 11) is 0. The Morgan fingerprint density at radius 3 is 2.34 bits per heavy atom. The number of amides is 2. The highest BCUT2D eigenvalue weighted by Gasteiger charge is 2.11. The smallest absolute Gasteiger partial charge is 0.266 e. The Morgan fingerprint density at radius 1 is 1.00 bits per heavy atom. The monoisotopic (exact) mass is 509 g/mol. The predicted octanol–water partition coefficient (Wildman–Crippen LogP) is 5.67. The van der Waals surface area contributed by atoms with Crippen LogP contribution in [0.25, 0.3) is 6.08 Å². The molecule has 3 aromatic carbocycles. The molecule has 0 aliphatic carbocycles. The van der Waals surface area contributed by atoms with E-state index in [9.17, 15) is 14.9 Å². The second-order valence-corrected chi connectivity index (χ2v) is 7.81. The standard InChI is InChI=1S/C24H17BrClN3O3/c25-21-13-16(12-17(14-27)24(31)29-19-4-2-1-3-5-19)6-11-22(21)32-15-23(30)28-20-9-7-18(26)8-10-20/h1-13H,15H2,(H,28,30)(H,29,31)/b17-12+. The third kappa shape index (κ3) is 6.71. The van der Waals surface area contributed by atoms with Crippen molar-refractivity contribution >= 4 is 56.8 Å². The van der Waals surface area contributed by atoms with E-state index in [1.54, 1.807) is 66.7 Å². The van der Waals surface area contributed by atoms with Crippen LogP contribution >= 0.6 is 27.5 Å². The zero-order chi connectivity index (χ0) is 22.9. The van der Waals surface area contributed by atoms with E-state index in [4.69, 9.17) is 16.3 Å². The van der Waals surface area contributed by atoms with Gasteiger partial charge in [-0.1, -0.05) is 35.9 Å². The molecule has 0 radical (unpaired) electrons. The van der Waals surface area contributed by atoms with Crippen LogP contribution in [-0.4, -0.2) is 18.4 Å². The van der Waals surface area contributed by atoms with E-state index < -0.39 is 5.91 Å². The number of hydrogen-bond donors (Lipinski definition) is 2. The Kier molecular flexibility index (Phi) is 8.03. The molecule has 2 amide bonds. The van der Waals surface area contributed by atoms with Crippen LogP contribution in [0.3, 0.4) is 0 Å². The number of carbonyl (C=O) groups is 2. The fraction of sp³-hybridized carbons (Fsp3) is 0.0417. The molecule has 160 valence electrons. The van der Waals surface area contributed by atoms with Gasteiger partial charge in [-0.05, 0) is 76.1 Å². The first-order valence-electron chi connectivity index (χ1n) is 9.40. The summed E-state index contributed by atoms with van der Waals surface area (Å²) >= 11 is 9.22. The molecule has 6 nitrogen and oxygen atoms in total.